The number of anilines is 1. The fraction of sp³-hybridized carbons (Fsp3) is 0.235. The van der Waals surface area contributed by atoms with Crippen molar-refractivity contribution in [3.05, 3.63) is 48.5 Å². The Bertz CT molecular complexity index is 763. The Morgan fingerprint density at radius 3 is 2.45 bits per heavy atom. The summed E-state index contributed by atoms with van der Waals surface area (Å²) in [5.41, 5.74) is 9.84. The summed E-state index contributed by atoms with van der Waals surface area (Å²) < 4.78 is 2.27. The zero-order valence-corrected chi connectivity index (χ0v) is 12.1. The molecule has 0 aliphatic carbocycles. The van der Waals surface area contributed by atoms with Crippen LogP contribution in [0.2, 0.25) is 0 Å². The van der Waals surface area contributed by atoms with Crippen molar-refractivity contribution in [2.45, 2.75) is 26.3 Å². The molecule has 0 aliphatic heterocycles. The molecular weight excluding hydrogens is 246 g/mol. The zero-order chi connectivity index (χ0) is 14.3. The van der Waals surface area contributed by atoms with E-state index < -0.39 is 0 Å². The van der Waals surface area contributed by atoms with E-state index in [1.807, 2.05) is 30.3 Å². The molecule has 0 atom stereocenters. The number of aromatic nitrogens is 2. The van der Waals surface area contributed by atoms with Crippen molar-refractivity contribution in [3.8, 4) is 11.4 Å². The van der Waals surface area contributed by atoms with E-state index in [-0.39, 0.29) is 5.54 Å². The number of hydrogen-bond donors (Lipinski definition) is 1. The fourth-order valence-electron chi connectivity index (χ4n) is 2.58. The molecule has 3 heteroatoms. The second-order valence-corrected chi connectivity index (χ2v) is 6.06. The highest BCUT2D eigenvalue weighted by Crippen LogP contribution is 2.31. The lowest BCUT2D eigenvalue weighted by Crippen LogP contribution is -2.22. The predicted octanol–water partition coefficient (Wildman–Crippen LogP) is 4.04. The van der Waals surface area contributed by atoms with Crippen LogP contribution < -0.4 is 5.73 Å². The van der Waals surface area contributed by atoms with Gasteiger partial charge in [-0.15, -0.1) is 0 Å². The van der Waals surface area contributed by atoms with Gasteiger partial charge in [0.05, 0.1) is 11.0 Å². The van der Waals surface area contributed by atoms with Crippen LogP contribution in [-0.4, -0.2) is 9.55 Å². The molecule has 0 spiro atoms. The van der Waals surface area contributed by atoms with Gasteiger partial charge in [-0.1, -0.05) is 24.3 Å². The summed E-state index contributed by atoms with van der Waals surface area (Å²) in [6.07, 6.45) is 0. The lowest BCUT2D eigenvalue weighted by atomic mass is 10.1. The molecule has 3 rings (SSSR count). The van der Waals surface area contributed by atoms with Crippen LogP contribution in [0.4, 0.5) is 5.69 Å². The number of nitrogens with zero attached hydrogens (tertiary/aromatic N) is 2. The topological polar surface area (TPSA) is 43.8 Å². The molecule has 0 amide bonds. The summed E-state index contributed by atoms with van der Waals surface area (Å²) >= 11 is 0. The normalized spacial score (nSPS) is 11.9. The average Bonchev–Trinajstić information content (AvgIpc) is 2.77. The molecule has 1 heterocycles. The monoisotopic (exact) mass is 265 g/mol. The zero-order valence-electron chi connectivity index (χ0n) is 12.1. The summed E-state index contributed by atoms with van der Waals surface area (Å²) in [7, 11) is 0. The van der Waals surface area contributed by atoms with Crippen molar-refractivity contribution >= 4 is 16.7 Å². The quantitative estimate of drug-likeness (QED) is 0.675. The number of nitrogen functional groups attached to an aromatic ring is 1. The molecule has 3 aromatic rings. The highest BCUT2D eigenvalue weighted by Gasteiger charge is 2.22. The Kier molecular flexibility index (Phi) is 2.78. The SMILES string of the molecule is CC(C)(C)n1c(-c2cccc(N)c2)nc2ccccc21. The van der Waals surface area contributed by atoms with Crippen LogP contribution in [0.25, 0.3) is 22.4 Å². The first-order valence-electron chi connectivity index (χ1n) is 6.81. The highest BCUT2D eigenvalue weighted by atomic mass is 15.1. The number of benzene rings is 2. The van der Waals surface area contributed by atoms with Gasteiger partial charge in [-0.3, -0.25) is 0 Å². The number of fused-ring (bicyclic) bond motifs is 1. The minimum Gasteiger partial charge on any atom is -0.399 e. The third kappa shape index (κ3) is 2.05. The molecule has 2 aromatic carbocycles. The van der Waals surface area contributed by atoms with Gasteiger partial charge in [0.1, 0.15) is 5.82 Å². The first-order valence-corrected chi connectivity index (χ1v) is 6.81. The van der Waals surface area contributed by atoms with Gasteiger partial charge in [0.15, 0.2) is 0 Å². The molecule has 2 N–H and O–H groups in total. The van der Waals surface area contributed by atoms with Crippen molar-refractivity contribution in [1.82, 2.24) is 9.55 Å². The van der Waals surface area contributed by atoms with Crippen LogP contribution in [0.1, 0.15) is 20.8 Å². The van der Waals surface area contributed by atoms with E-state index in [0.29, 0.717) is 0 Å². The van der Waals surface area contributed by atoms with Gasteiger partial charge in [0.25, 0.3) is 0 Å². The molecule has 0 bridgehead atoms. The van der Waals surface area contributed by atoms with Crippen molar-refractivity contribution < 1.29 is 0 Å². The maximum Gasteiger partial charge on any atom is 0.141 e. The number of imidazole rings is 1. The van der Waals surface area contributed by atoms with Gasteiger partial charge < -0.3 is 10.3 Å². The Balaban J connectivity index is 2.35. The molecule has 0 radical (unpaired) electrons. The first-order chi connectivity index (χ1) is 9.47. The van der Waals surface area contributed by atoms with E-state index >= 15 is 0 Å². The summed E-state index contributed by atoms with van der Waals surface area (Å²) in [6, 6.07) is 16.1. The van der Waals surface area contributed by atoms with Gasteiger partial charge in [0, 0.05) is 16.8 Å². The fourth-order valence-corrected chi connectivity index (χ4v) is 2.58. The van der Waals surface area contributed by atoms with Crippen LogP contribution in [0.15, 0.2) is 48.5 Å². The summed E-state index contributed by atoms with van der Waals surface area (Å²) in [5.74, 6) is 0.964. The molecule has 0 unspecified atom stereocenters. The van der Waals surface area contributed by atoms with Crippen molar-refractivity contribution in [3.63, 3.8) is 0 Å². The summed E-state index contributed by atoms with van der Waals surface area (Å²) in [6.45, 7) is 6.57. The van der Waals surface area contributed by atoms with E-state index in [4.69, 9.17) is 10.7 Å². The van der Waals surface area contributed by atoms with Crippen LogP contribution in [0.5, 0.6) is 0 Å². The Labute approximate surface area is 119 Å². The average molecular weight is 265 g/mol. The molecule has 20 heavy (non-hydrogen) atoms. The Morgan fingerprint density at radius 2 is 1.75 bits per heavy atom. The first kappa shape index (κ1) is 12.7. The van der Waals surface area contributed by atoms with Crippen molar-refractivity contribution in [2.75, 3.05) is 5.73 Å². The molecule has 0 fully saturated rings. The molecule has 0 aliphatic rings. The number of para-hydroxylation sites is 2. The minimum atomic E-state index is -0.0456. The maximum atomic E-state index is 5.91. The van der Waals surface area contributed by atoms with Crippen LogP contribution >= 0.6 is 0 Å². The third-order valence-electron chi connectivity index (χ3n) is 3.38. The Hall–Kier alpha value is -2.29. The van der Waals surface area contributed by atoms with Crippen LogP contribution in [0, 0.1) is 0 Å². The van der Waals surface area contributed by atoms with E-state index in [2.05, 4.69) is 43.5 Å². The molecule has 0 saturated heterocycles. The molecule has 0 saturated carbocycles. The van der Waals surface area contributed by atoms with Gasteiger partial charge in [0.2, 0.25) is 0 Å². The standard InChI is InChI=1S/C17H19N3/c1-17(2,3)20-15-10-5-4-9-14(15)19-16(20)12-7-6-8-13(18)11-12/h4-11H,18H2,1-3H3. The Morgan fingerprint density at radius 1 is 1.00 bits per heavy atom. The predicted molar refractivity (Wildman–Crippen MR) is 84.6 cm³/mol. The van der Waals surface area contributed by atoms with E-state index in [0.717, 1.165) is 28.1 Å². The minimum absolute atomic E-state index is 0.0456. The van der Waals surface area contributed by atoms with Gasteiger partial charge in [-0.2, -0.15) is 0 Å². The molecule has 102 valence electrons. The summed E-state index contributed by atoms with van der Waals surface area (Å²) in [5, 5.41) is 0. The lowest BCUT2D eigenvalue weighted by Gasteiger charge is -2.24. The molecule has 1 aromatic heterocycles. The van der Waals surface area contributed by atoms with Gasteiger partial charge in [-0.25, -0.2) is 4.98 Å². The summed E-state index contributed by atoms with van der Waals surface area (Å²) in [4.78, 5) is 4.80. The number of nitrogens with two attached hydrogens (primary N) is 1. The largest absolute Gasteiger partial charge is 0.399 e. The second kappa shape index (κ2) is 4.37. The van der Waals surface area contributed by atoms with E-state index in [1.54, 1.807) is 0 Å². The van der Waals surface area contributed by atoms with Crippen LogP contribution in [0.3, 0.4) is 0 Å². The third-order valence-corrected chi connectivity index (χ3v) is 3.38. The lowest BCUT2D eigenvalue weighted by molar-refractivity contribution is 0.413. The number of rotatable bonds is 1. The van der Waals surface area contributed by atoms with E-state index in [9.17, 15) is 0 Å². The molecule has 3 nitrogen and oxygen atoms in total. The molecular formula is C17H19N3. The maximum absolute atomic E-state index is 5.91. The number of hydrogen-bond acceptors (Lipinski definition) is 2. The second-order valence-electron chi connectivity index (χ2n) is 6.06. The van der Waals surface area contributed by atoms with Crippen molar-refractivity contribution in [1.29, 1.82) is 0 Å². The van der Waals surface area contributed by atoms with Gasteiger partial charge >= 0.3 is 0 Å². The highest BCUT2D eigenvalue weighted by molar-refractivity contribution is 5.81. The van der Waals surface area contributed by atoms with Crippen molar-refractivity contribution in [2.24, 2.45) is 0 Å². The van der Waals surface area contributed by atoms with Gasteiger partial charge in [-0.05, 0) is 45.0 Å². The van der Waals surface area contributed by atoms with Crippen LogP contribution in [-0.2, 0) is 5.54 Å². The van der Waals surface area contributed by atoms with E-state index in [1.165, 1.54) is 0 Å². The smallest absolute Gasteiger partial charge is 0.141 e.